The molecule has 5 heteroatoms. The number of nitrogen functional groups attached to an aromatic ring is 1. The molecule has 19 heavy (non-hydrogen) atoms. The van der Waals surface area contributed by atoms with Crippen LogP contribution < -0.4 is 11.1 Å². The Balaban J connectivity index is 2.10. The second kappa shape index (κ2) is 9.35. The van der Waals surface area contributed by atoms with E-state index in [0.29, 0.717) is 37.6 Å². The molecule has 1 rings (SSSR count). The van der Waals surface area contributed by atoms with Crippen LogP contribution in [-0.2, 0) is 9.47 Å². The van der Waals surface area contributed by atoms with Crippen LogP contribution in [0.15, 0.2) is 24.3 Å². The molecule has 106 valence electrons. The van der Waals surface area contributed by atoms with Crippen molar-refractivity contribution in [2.75, 3.05) is 39.2 Å². The van der Waals surface area contributed by atoms with Crippen LogP contribution >= 0.6 is 0 Å². The van der Waals surface area contributed by atoms with Crippen LogP contribution in [0.3, 0.4) is 0 Å². The summed E-state index contributed by atoms with van der Waals surface area (Å²) in [6.45, 7) is 2.54. The van der Waals surface area contributed by atoms with Gasteiger partial charge in [-0.15, -0.1) is 0 Å². The van der Waals surface area contributed by atoms with E-state index < -0.39 is 0 Å². The minimum absolute atomic E-state index is 0.126. The lowest BCUT2D eigenvalue weighted by Crippen LogP contribution is -2.25. The number of carbonyl (C=O) groups is 1. The summed E-state index contributed by atoms with van der Waals surface area (Å²) in [6.07, 6.45) is 1.79. The maximum absolute atomic E-state index is 11.8. The van der Waals surface area contributed by atoms with E-state index in [9.17, 15) is 4.79 Å². The molecule has 0 spiro atoms. The van der Waals surface area contributed by atoms with Crippen LogP contribution in [-0.4, -0.2) is 39.4 Å². The first-order valence-corrected chi connectivity index (χ1v) is 6.45. The molecular formula is C14H22N2O3. The number of unbranched alkanes of at least 4 members (excludes halogenated alkanes) is 1. The van der Waals surface area contributed by atoms with Crippen molar-refractivity contribution in [3.05, 3.63) is 29.8 Å². The second-order valence-electron chi connectivity index (χ2n) is 4.16. The van der Waals surface area contributed by atoms with Gasteiger partial charge in [0.25, 0.3) is 5.91 Å². The van der Waals surface area contributed by atoms with Crippen LogP contribution in [0, 0.1) is 0 Å². The van der Waals surface area contributed by atoms with E-state index in [1.807, 2.05) is 6.07 Å². The van der Waals surface area contributed by atoms with Gasteiger partial charge in [-0.05, 0) is 25.0 Å². The van der Waals surface area contributed by atoms with Gasteiger partial charge in [0.2, 0.25) is 0 Å². The Morgan fingerprint density at radius 2 is 2.00 bits per heavy atom. The van der Waals surface area contributed by atoms with Crippen LogP contribution in [0.1, 0.15) is 23.2 Å². The normalized spacial score (nSPS) is 10.4. The highest BCUT2D eigenvalue weighted by Crippen LogP contribution is 2.09. The maximum atomic E-state index is 11.8. The molecule has 0 heterocycles. The number of hydrogen-bond acceptors (Lipinski definition) is 4. The van der Waals surface area contributed by atoms with E-state index in [2.05, 4.69) is 5.32 Å². The van der Waals surface area contributed by atoms with E-state index in [0.717, 1.165) is 12.8 Å². The van der Waals surface area contributed by atoms with Gasteiger partial charge >= 0.3 is 0 Å². The van der Waals surface area contributed by atoms with Crippen molar-refractivity contribution < 1.29 is 14.3 Å². The highest BCUT2D eigenvalue weighted by Gasteiger charge is 2.07. The fraction of sp³-hybridized carbons (Fsp3) is 0.500. The van der Waals surface area contributed by atoms with Gasteiger partial charge < -0.3 is 20.5 Å². The third-order valence-corrected chi connectivity index (χ3v) is 2.64. The van der Waals surface area contributed by atoms with Crippen LogP contribution in [0.4, 0.5) is 5.69 Å². The van der Waals surface area contributed by atoms with E-state index >= 15 is 0 Å². The van der Waals surface area contributed by atoms with Crippen molar-refractivity contribution in [2.24, 2.45) is 0 Å². The summed E-state index contributed by atoms with van der Waals surface area (Å²) in [6, 6.07) is 7.05. The number of ether oxygens (including phenoxy) is 2. The van der Waals surface area contributed by atoms with Gasteiger partial charge in [-0.1, -0.05) is 12.1 Å². The number of benzene rings is 1. The maximum Gasteiger partial charge on any atom is 0.253 e. The molecule has 5 nitrogen and oxygen atoms in total. The van der Waals surface area contributed by atoms with Gasteiger partial charge in [0, 0.05) is 25.9 Å². The topological polar surface area (TPSA) is 73.6 Å². The summed E-state index contributed by atoms with van der Waals surface area (Å²) in [4.78, 5) is 11.8. The molecular weight excluding hydrogens is 244 g/mol. The lowest BCUT2D eigenvalue weighted by atomic mass is 10.1. The van der Waals surface area contributed by atoms with Gasteiger partial charge in [0.1, 0.15) is 0 Å². The monoisotopic (exact) mass is 266 g/mol. The average molecular weight is 266 g/mol. The van der Waals surface area contributed by atoms with Gasteiger partial charge in [-0.3, -0.25) is 4.79 Å². The molecule has 0 bridgehead atoms. The number of nitrogens with two attached hydrogens (primary N) is 1. The SMILES string of the molecule is COCCOCCCCNC(=O)c1ccccc1N. The highest BCUT2D eigenvalue weighted by atomic mass is 16.5. The zero-order chi connectivity index (χ0) is 13.9. The Kier molecular flexibility index (Phi) is 7.62. The van der Waals surface area contributed by atoms with Crippen molar-refractivity contribution >= 4 is 11.6 Å². The molecule has 3 N–H and O–H groups in total. The van der Waals surface area contributed by atoms with Crippen LogP contribution in [0.5, 0.6) is 0 Å². The predicted octanol–water partition coefficient (Wildman–Crippen LogP) is 1.44. The van der Waals surface area contributed by atoms with E-state index in [-0.39, 0.29) is 5.91 Å². The number of para-hydroxylation sites is 1. The van der Waals surface area contributed by atoms with Crippen molar-refractivity contribution in [1.29, 1.82) is 0 Å². The molecule has 0 aliphatic heterocycles. The quantitative estimate of drug-likeness (QED) is 0.524. The van der Waals surface area contributed by atoms with Crippen LogP contribution in [0.25, 0.3) is 0 Å². The van der Waals surface area contributed by atoms with Gasteiger partial charge in [-0.2, -0.15) is 0 Å². The van der Waals surface area contributed by atoms with Gasteiger partial charge in [0.15, 0.2) is 0 Å². The zero-order valence-electron chi connectivity index (χ0n) is 11.4. The molecule has 0 fully saturated rings. The van der Waals surface area contributed by atoms with E-state index in [1.54, 1.807) is 25.3 Å². The molecule has 0 aromatic heterocycles. The average Bonchev–Trinajstić information content (AvgIpc) is 2.42. The highest BCUT2D eigenvalue weighted by molar-refractivity contribution is 5.98. The Bertz CT molecular complexity index is 383. The number of hydrogen-bond donors (Lipinski definition) is 2. The number of methoxy groups -OCH3 is 1. The Morgan fingerprint density at radius 1 is 1.21 bits per heavy atom. The summed E-state index contributed by atoms with van der Waals surface area (Å²) in [5, 5.41) is 2.84. The molecule has 1 aromatic carbocycles. The van der Waals surface area contributed by atoms with Gasteiger partial charge in [0.05, 0.1) is 18.8 Å². The number of carbonyl (C=O) groups excluding carboxylic acids is 1. The summed E-state index contributed by atoms with van der Waals surface area (Å²) in [7, 11) is 1.65. The second-order valence-corrected chi connectivity index (χ2v) is 4.16. The third kappa shape index (κ3) is 6.22. The molecule has 0 saturated carbocycles. The summed E-state index contributed by atoms with van der Waals surface area (Å²) in [5.41, 5.74) is 6.76. The van der Waals surface area contributed by atoms with Crippen molar-refractivity contribution in [2.45, 2.75) is 12.8 Å². The third-order valence-electron chi connectivity index (χ3n) is 2.64. The van der Waals surface area contributed by atoms with Crippen molar-refractivity contribution in [3.63, 3.8) is 0 Å². The minimum atomic E-state index is -0.126. The number of nitrogens with one attached hydrogen (secondary N) is 1. The van der Waals surface area contributed by atoms with Crippen molar-refractivity contribution in [3.8, 4) is 0 Å². The smallest absolute Gasteiger partial charge is 0.253 e. The van der Waals surface area contributed by atoms with Gasteiger partial charge in [-0.25, -0.2) is 0 Å². The summed E-state index contributed by atoms with van der Waals surface area (Å²) in [5.74, 6) is -0.126. The number of rotatable bonds is 9. The minimum Gasteiger partial charge on any atom is -0.398 e. The number of amides is 1. The molecule has 0 radical (unpaired) electrons. The summed E-state index contributed by atoms with van der Waals surface area (Å²) >= 11 is 0. The van der Waals surface area contributed by atoms with Crippen LogP contribution in [0.2, 0.25) is 0 Å². The molecule has 0 aliphatic rings. The first-order valence-electron chi connectivity index (χ1n) is 6.45. The lowest BCUT2D eigenvalue weighted by molar-refractivity contribution is 0.0686. The Morgan fingerprint density at radius 3 is 2.74 bits per heavy atom. The molecule has 0 saturated heterocycles. The summed E-state index contributed by atoms with van der Waals surface area (Å²) < 4.78 is 10.2. The largest absolute Gasteiger partial charge is 0.398 e. The zero-order valence-corrected chi connectivity index (χ0v) is 11.4. The fourth-order valence-electron chi connectivity index (χ4n) is 1.57. The standard InChI is InChI=1S/C14H22N2O3/c1-18-10-11-19-9-5-4-8-16-14(17)12-6-2-3-7-13(12)15/h2-3,6-7H,4-5,8-11,15H2,1H3,(H,16,17). The predicted molar refractivity (Wildman–Crippen MR) is 75.1 cm³/mol. The first-order chi connectivity index (χ1) is 9.25. The molecule has 1 aromatic rings. The fourth-order valence-corrected chi connectivity index (χ4v) is 1.57. The van der Waals surface area contributed by atoms with E-state index in [1.165, 1.54) is 0 Å². The number of anilines is 1. The Labute approximate surface area is 114 Å². The molecule has 1 amide bonds. The lowest BCUT2D eigenvalue weighted by Gasteiger charge is -2.07. The van der Waals surface area contributed by atoms with Crippen molar-refractivity contribution in [1.82, 2.24) is 5.32 Å². The first kappa shape index (κ1) is 15.5. The molecule has 0 aliphatic carbocycles. The molecule has 0 atom stereocenters. The Hall–Kier alpha value is -1.59. The van der Waals surface area contributed by atoms with E-state index in [4.69, 9.17) is 15.2 Å². The molecule has 0 unspecified atom stereocenters.